The molecule has 1 atom stereocenters. The Hall–Kier alpha value is -3.66. The number of thioether (sulfide) groups is 1. The molecule has 1 aromatic heterocycles. The third kappa shape index (κ3) is 4.53. The molecule has 2 aliphatic rings. The second-order valence-electron chi connectivity index (χ2n) is 8.68. The van der Waals surface area contributed by atoms with E-state index in [1.54, 1.807) is 9.58 Å². The lowest BCUT2D eigenvalue weighted by Crippen LogP contribution is -2.50. The summed E-state index contributed by atoms with van der Waals surface area (Å²) in [4.78, 5) is 28.0. The highest BCUT2D eigenvalue weighted by Gasteiger charge is 2.44. The Kier molecular flexibility index (Phi) is 6.29. The summed E-state index contributed by atoms with van der Waals surface area (Å²) < 4.78 is 6.86. The largest absolute Gasteiger partial charge is 0.466 e. The van der Waals surface area contributed by atoms with Gasteiger partial charge in [-0.1, -0.05) is 48.2 Å². The third-order valence-electron chi connectivity index (χ3n) is 6.34. The summed E-state index contributed by atoms with van der Waals surface area (Å²) in [5, 5.41) is 15.8. The Labute approximate surface area is 207 Å². The van der Waals surface area contributed by atoms with Gasteiger partial charge in [-0.2, -0.15) is 4.68 Å². The van der Waals surface area contributed by atoms with E-state index in [0.29, 0.717) is 22.2 Å². The number of hydrogen-bond acceptors (Lipinski definition) is 7. The fourth-order valence-corrected chi connectivity index (χ4v) is 5.13. The SMILES string of the molecule is COC(=O)C1=C(CSc2nnnn2-c2ccc(C)c(C)c2)N(C2CC2)C(=O)NC1c1ccccc1. The van der Waals surface area contributed by atoms with Gasteiger partial charge in [0.15, 0.2) is 0 Å². The van der Waals surface area contributed by atoms with E-state index >= 15 is 0 Å². The number of aryl methyl sites for hydroxylation is 2. The summed E-state index contributed by atoms with van der Waals surface area (Å²) in [6.07, 6.45) is 1.79. The zero-order chi connectivity index (χ0) is 24.5. The first-order valence-electron chi connectivity index (χ1n) is 11.4. The number of tetrazole rings is 1. The number of amides is 2. The number of rotatable bonds is 7. The van der Waals surface area contributed by atoms with Crippen LogP contribution in [-0.2, 0) is 9.53 Å². The number of nitrogens with zero attached hydrogens (tertiary/aromatic N) is 5. The summed E-state index contributed by atoms with van der Waals surface area (Å²) in [5.74, 6) is -0.128. The van der Waals surface area contributed by atoms with Crippen LogP contribution in [0.25, 0.3) is 5.69 Å². The van der Waals surface area contributed by atoms with E-state index in [4.69, 9.17) is 4.74 Å². The van der Waals surface area contributed by atoms with E-state index in [2.05, 4.69) is 27.8 Å². The van der Waals surface area contributed by atoms with Crippen LogP contribution in [0.15, 0.2) is 65.0 Å². The first-order chi connectivity index (χ1) is 17.0. The van der Waals surface area contributed by atoms with Gasteiger partial charge in [0.25, 0.3) is 0 Å². The topological polar surface area (TPSA) is 102 Å². The molecule has 9 nitrogen and oxygen atoms in total. The van der Waals surface area contributed by atoms with E-state index in [0.717, 1.165) is 29.7 Å². The zero-order valence-corrected chi connectivity index (χ0v) is 20.6. The molecular formula is C25H26N6O3S. The van der Waals surface area contributed by atoms with Gasteiger partial charge in [0.1, 0.15) is 0 Å². The fourth-order valence-electron chi connectivity index (χ4n) is 4.21. The van der Waals surface area contributed by atoms with E-state index in [9.17, 15) is 9.59 Å². The second-order valence-corrected chi connectivity index (χ2v) is 9.62. The number of benzene rings is 2. The Morgan fingerprint density at radius 2 is 1.91 bits per heavy atom. The second kappa shape index (κ2) is 9.53. The molecule has 1 N–H and O–H groups in total. The van der Waals surface area contributed by atoms with Crippen LogP contribution < -0.4 is 5.32 Å². The van der Waals surface area contributed by atoms with Crippen molar-refractivity contribution in [1.82, 2.24) is 30.4 Å². The number of hydrogen-bond donors (Lipinski definition) is 1. The molecule has 3 aromatic rings. The average Bonchev–Trinajstić information content (AvgIpc) is 3.60. The molecule has 1 aliphatic heterocycles. The molecule has 35 heavy (non-hydrogen) atoms. The van der Waals surface area contributed by atoms with Crippen LogP contribution in [0.1, 0.15) is 35.6 Å². The molecule has 1 aliphatic carbocycles. The molecule has 0 saturated heterocycles. The maximum Gasteiger partial charge on any atom is 0.338 e. The van der Waals surface area contributed by atoms with E-state index < -0.39 is 12.0 Å². The van der Waals surface area contributed by atoms with Gasteiger partial charge >= 0.3 is 12.0 Å². The van der Waals surface area contributed by atoms with Gasteiger partial charge in [-0.05, 0) is 65.9 Å². The number of carbonyl (C=O) groups excluding carboxylic acids is 2. The predicted molar refractivity (Wildman–Crippen MR) is 131 cm³/mol. The molecule has 1 fully saturated rings. The number of ether oxygens (including phenoxy) is 1. The van der Waals surface area contributed by atoms with Crippen LogP contribution in [0.3, 0.4) is 0 Å². The first-order valence-corrected chi connectivity index (χ1v) is 12.4. The lowest BCUT2D eigenvalue weighted by atomic mass is 9.95. The first kappa shape index (κ1) is 23.1. The van der Waals surface area contributed by atoms with Gasteiger partial charge in [0.05, 0.1) is 24.4 Å². The minimum absolute atomic E-state index is 0.0673. The molecule has 2 aromatic carbocycles. The minimum Gasteiger partial charge on any atom is -0.466 e. The minimum atomic E-state index is -0.600. The van der Waals surface area contributed by atoms with Crippen molar-refractivity contribution in [2.24, 2.45) is 0 Å². The quantitative estimate of drug-likeness (QED) is 0.398. The van der Waals surface area contributed by atoms with Crippen LogP contribution >= 0.6 is 11.8 Å². The molecule has 10 heteroatoms. The molecular weight excluding hydrogens is 464 g/mol. The van der Waals surface area contributed by atoms with Crippen LogP contribution in [0, 0.1) is 13.8 Å². The summed E-state index contributed by atoms with van der Waals surface area (Å²) in [7, 11) is 1.36. The number of nitrogens with one attached hydrogen (secondary N) is 1. The van der Waals surface area contributed by atoms with Crippen molar-refractivity contribution < 1.29 is 14.3 Å². The summed E-state index contributed by atoms with van der Waals surface area (Å²) >= 11 is 1.38. The van der Waals surface area contributed by atoms with Crippen molar-refractivity contribution in [3.8, 4) is 5.69 Å². The molecule has 0 bridgehead atoms. The van der Waals surface area contributed by atoms with Crippen molar-refractivity contribution in [3.63, 3.8) is 0 Å². The Morgan fingerprint density at radius 3 is 2.60 bits per heavy atom. The predicted octanol–water partition coefficient (Wildman–Crippen LogP) is 3.73. The summed E-state index contributed by atoms with van der Waals surface area (Å²) in [6.45, 7) is 4.10. The number of methoxy groups -OCH3 is 1. The molecule has 0 radical (unpaired) electrons. The van der Waals surface area contributed by atoms with Crippen molar-refractivity contribution in [1.29, 1.82) is 0 Å². The molecule has 5 rings (SSSR count). The van der Waals surface area contributed by atoms with Crippen molar-refractivity contribution in [2.45, 2.75) is 43.9 Å². The van der Waals surface area contributed by atoms with Crippen molar-refractivity contribution in [2.75, 3.05) is 12.9 Å². The third-order valence-corrected chi connectivity index (χ3v) is 7.27. The maximum atomic E-state index is 13.2. The molecule has 1 saturated carbocycles. The lowest BCUT2D eigenvalue weighted by Gasteiger charge is -2.36. The highest BCUT2D eigenvalue weighted by molar-refractivity contribution is 7.99. The van der Waals surface area contributed by atoms with Gasteiger partial charge in [0, 0.05) is 17.5 Å². The van der Waals surface area contributed by atoms with Gasteiger partial charge in [-0.3, -0.25) is 4.90 Å². The highest BCUT2D eigenvalue weighted by atomic mass is 32.2. The van der Waals surface area contributed by atoms with Gasteiger partial charge < -0.3 is 10.1 Å². The Bertz CT molecular complexity index is 1300. The van der Waals surface area contributed by atoms with Crippen LogP contribution in [0.2, 0.25) is 0 Å². The van der Waals surface area contributed by atoms with Gasteiger partial charge in [0.2, 0.25) is 5.16 Å². The van der Waals surface area contributed by atoms with Crippen LogP contribution in [-0.4, -0.2) is 56.0 Å². The highest BCUT2D eigenvalue weighted by Crippen LogP contribution is 2.40. The monoisotopic (exact) mass is 490 g/mol. The molecule has 180 valence electrons. The summed E-state index contributed by atoms with van der Waals surface area (Å²) in [5.41, 5.74) is 5.06. The fraction of sp³-hybridized carbons (Fsp3) is 0.320. The normalized spacial score (nSPS) is 18.0. The maximum absolute atomic E-state index is 13.2. The number of esters is 1. The van der Waals surface area contributed by atoms with Crippen LogP contribution in [0.4, 0.5) is 4.79 Å². The van der Waals surface area contributed by atoms with E-state index in [1.807, 2.05) is 55.5 Å². The van der Waals surface area contributed by atoms with Gasteiger partial charge in [-0.25, -0.2) is 9.59 Å². The molecule has 1 unspecified atom stereocenters. The molecule has 2 heterocycles. The van der Waals surface area contributed by atoms with Crippen molar-refractivity contribution >= 4 is 23.8 Å². The average molecular weight is 491 g/mol. The molecule has 0 spiro atoms. The number of urea groups is 1. The Morgan fingerprint density at radius 1 is 1.14 bits per heavy atom. The number of carbonyl (C=O) groups is 2. The number of aromatic nitrogens is 4. The standard InChI is InChI=1S/C25H26N6O3S/c1-15-9-10-19(13-16(15)2)31-25(27-28-29-31)35-14-20-21(23(32)34-3)22(17-7-5-4-6-8-17)26-24(33)30(20)18-11-12-18/h4-10,13,18,22H,11-12,14H2,1-3H3,(H,26,33). The van der Waals surface area contributed by atoms with E-state index in [-0.39, 0.29) is 12.1 Å². The zero-order valence-electron chi connectivity index (χ0n) is 19.8. The smallest absolute Gasteiger partial charge is 0.338 e. The Balaban J connectivity index is 1.53. The van der Waals surface area contributed by atoms with Crippen molar-refractivity contribution in [3.05, 3.63) is 76.5 Å². The van der Waals surface area contributed by atoms with E-state index in [1.165, 1.54) is 24.4 Å². The summed E-state index contributed by atoms with van der Waals surface area (Å²) in [6, 6.07) is 14.7. The molecule has 2 amide bonds. The lowest BCUT2D eigenvalue weighted by molar-refractivity contribution is -0.136. The van der Waals surface area contributed by atoms with Gasteiger partial charge in [-0.15, -0.1) is 5.10 Å². The van der Waals surface area contributed by atoms with Crippen LogP contribution in [0.5, 0.6) is 0 Å².